The van der Waals surface area contributed by atoms with Gasteiger partial charge >= 0.3 is 0 Å². The predicted octanol–water partition coefficient (Wildman–Crippen LogP) is 3.62. The highest BCUT2D eigenvalue weighted by Gasteiger charge is 2.32. The standard InChI is InChI=1S/C17H22ClN3/c1-3-8-21-17(15(18)11-20-21)16(19-2)14-9-12-6-4-5-7-13(12)10-14/h4-7,11,14,16,19H,3,8-10H2,1-2H3. The topological polar surface area (TPSA) is 29.9 Å². The molecule has 0 saturated carbocycles. The number of hydrogen-bond acceptors (Lipinski definition) is 2. The van der Waals surface area contributed by atoms with Crippen molar-refractivity contribution in [1.29, 1.82) is 0 Å². The van der Waals surface area contributed by atoms with Crippen LogP contribution in [0, 0.1) is 5.92 Å². The largest absolute Gasteiger partial charge is 0.311 e. The van der Waals surface area contributed by atoms with Gasteiger partial charge in [-0.2, -0.15) is 5.10 Å². The Hall–Kier alpha value is -1.32. The van der Waals surface area contributed by atoms with Gasteiger partial charge in [0.05, 0.1) is 23.0 Å². The Kier molecular flexibility index (Phi) is 4.32. The van der Waals surface area contributed by atoms with E-state index in [1.165, 1.54) is 11.1 Å². The Morgan fingerprint density at radius 3 is 2.57 bits per heavy atom. The van der Waals surface area contributed by atoms with Gasteiger partial charge < -0.3 is 5.32 Å². The number of aromatic nitrogens is 2. The van der Waals surface area contributed by atoms with Crippen molar-refractivity contribution in [2.45, 2.75) is 38.8 Å². The van der Waals surface area contributed by atoms with E-state index in [2.05, 4.69) is 46.3 Å². The van der Waals surface area contributed by atoms with Crippen LogP contribution in [0.5, 0.6) is 0 Å². The van der Waals surface area contributed by atoms with Gasteiger partial charge in [0.15, 0.2) is 0 Å². The Morgan fingerprint density at radius 2 is 2.00 bits per heavy atom. The van der Waals surface area contributed by atoms with Crippen molar-refractivity contribution >= 4 is 11.6 Å². The van der Waals surface area contributed by atoms with E-state index in [9.17, 15) is 0 Å². The molecule has 0 fully saturated rings. The third-order valence-corrected chi connectivity index (χ3v) is 4.72. The zero-order chi connectivity index (χ0) is 14.8. The summed E-state index contributed by atoms with van der Waals surface area (Å²) in [5, 5.41) is 8.69. The number of benzene rings is 1. The lowest BCUT2D eigenvalue weighted by Crippen LogP contribution is -2.28. The highest BCUT2D eigenvalue weighted by atomic mass is 35.5. The van der Waals surface area contributed by atoms with Crippen molar-refractivity contribution in [2.75, 3.05) is 7.05 Å². The summed E-state index contributed by atoms with van der Waals surface area (Å²) >= 11 is 6.42. The molecule has 4 heteroatoms. The van der Waals surface area contributed by atoms with Crippen LogP contribution in [-0.4, -0.2) is 16.8 Å². The van der Waals surface area contributed by atoms with Gasteiger partial charge in [-0.1, -0.05) is 42.8 Å². The molecule has 112 valence electrons. The lowest BCUT2D eigenvalue weighted by molar-refractivity contribution is 0.369. The zero-order valence-corrected chi connectivity index (χ0v) is 13.4. The van der Waals surface area contributed by atoms with E-state index in [4.69, 9.17) is 11.6 Å². The molecule has 1 unspecified atom stereocenters. The Morgan fingerprint density at radius 1 is 1.33 bits per heavy atom. The first-order valence-electron chi connectivity index (χ1n) is 7.69. The molecule has 3 nitrogen and oxygen atoms in total. The number of aryl methyl sites for hydroxylation is 1. The molecular formula is C17H22ClN3. The third kappa shape index (κ3) is 2.72. The molecule has 3 rings (SSSR count). The summed E-state index contributed by atoms with van der Waals surface area (Å²) in [6, 6.07) is 8.99. The van der Waals surface area contributed by atoms with Gasteiger partial charge in [-0.05, 0) is 43.4 Å². The van der Waals surface area contributed by atoms with E-state index < -0.39 is 0 Å². The minimum absolute atomic E-state index is 0.249. The van der Waals surface area contributed by atoms with E-state index in [1.54, 1.807) is 6.20 Å². The molecule has 0 saturated heterocycles. The lowest BCUT2D eigenvalue weighted by atomic mass is 9.94. The Balaban J connectivity index is 1.89. The minimum Gasteiger partial charge on any atom is -0.311 e. The number of hydrogen-bond donors (Lipinski definition) is 1. The maximum Gasteiger partial charge on any atom is 0.0834 e. The van der Waals surface area contributed by atoms with Crippen LogP contribution >= 0.6 is 11.6 Å². The van der Waals surface area contributed by atoms with Gasteiger partial charge in [0.1, 0.15) is 0 Å². The Labute approximate surface area is 131 Å². The Bertz CT molecular complexity index is 595. The summed E-state index contributed by atoms with van der Waals surface area (Å²) < 4.78 is 2.06. The summed E-state index contributed by atoms with van der Waals surface area (Å²) in [5.74, 6) is 0.539. The second-order valence-electron chi connectivity index (χ2n) is 5.80. The molecule has 1 aliphatic rings. The van der Waals surface area contributed by atoms with E-state index in [0.29, 0.717) is 5.92 Å². The summed E-state index contributed by atoms with van der Waals surface area (Å²) in [7, 11) is 2.02. The first-order valence-corrected chi connectivity index (χ1v) is 8.07. The fourth-order valence-electron chi connectivity index (χ4n) is 3.50. The molecule has 1 heterocycles. The number of halogens is 1. The van der Waals surface area contributed by atoms with Crippen molar-refractivity contribution in [1.82, 2.24) is 15.1 Å². The van der Waals surface area contributed by atoms with Crippen molar-refractivity contribution < 1.29 is 0 Å². The average molecular weight is 304 g/mol. The number of nitrogens with one attached hydrogen (secondary N) is 1. The summed E-state index contributed by atoms with van der Waals surface area (Å²) in [6.07, 6.45) is 5.05. The average Bonchev–Trinajstić information content (AvgIpc) is 3.06. The van der Waals surface area contributed by atoms with Crippen molar-refractivity contribution in [3.8, 4) is 0 Å². The van der Waals surface area contributed by atoms with Crippen molar-refractivity contribution in [2.24, 2.45) is 5.92 Å². The summed E-state index contributed by atoms with van der Waals surface area (Å²) in [6.45, 7) is 3.08. The van der Waals surface area contributed by atoms with Gasteiger partial charge in [-0.3, -0.25) is 4.68 Å². The zero-order valence-electron chi connectivity index (χ0n) is 12.6. The van der Waals surface area contributed by atoms with Crippen molar-refractivity contribution in [3.63, 3.8) is 0 Å². The van der Waals surface area contributed by atoms with Crippen molar-refractivity contribution in [3.05, 3.63) is 52.3 Å². The van der Waals surface area contributed by atoms with Crippen LogP contribution in [0.2, 0.25) is 5.02 Å². The second kappa shape index (κ2) is 6.20. The highest BCUT2D eigenvalue weighted by Crippen LogP contribution is 2.37. The molecule has 21 heavy (non-hydrogen) atoms. The fourth-order valence-corrected chi connectivity index (χ4v) is 3.75. The predicted molar refractivity (Wildman–Crippen MR) is 86.7 cm³/mol. The van der Waals surface area contributed by atoms with Gasteiger partial charge in [-0.15, -0.1) is 0 Å². The first kappa shape index (κ1) is 14.6. The first-order chi connectivity index (χ1) is 10.2. The second-order valence-corrected chi connectivity index (χ2v) is 6.21. The molecule has 1 aromatic heterocycles. The minimum atomic E-state index is 0.249. The van der Waals surface area contributed by atoms with Crippen LogP contribution in [-0.2, 0) is 19.4 Å². The normalized spacial score (nSPS) is 16.1. The molecule has 0 amide bonds. The number of fused-ring (bicyclic) bond motifs is 1. The molecule has 2 aromatic rings. The molecular weight excluding hydrogens is 282 g/mol. The van der Waals surface area contributed by atoms with Gasteiger partial charge in [-0.25, -0.2) is 0 Å². The number of rotatable bonds is 5. The van der Waals surface area contributed by atoms with Gasteiger partial charge in [0.2, 0.25) is 0 Å². The van der Waals surface area contributed by atoms with Crippen LogP contribution in [0.15, 0.2) is 30.5 Å². The van der Waals surface area contributed by atoms with E-state index >= 15 is 0 Å². The fraction of sp³-hybridized carbons (Fsp3) is 0.471. The number of nitrogens with zero attached hydrogens (tertiary/aromatic N) is 2. The maximum atomic E-state index is 6.42. The smallest absolute Gasteiger partial charge is 0.0834 e. The maximum absolute atomic E-state index is 6.42. The van der Waals surface area contributed by atoms with Crippen LogP contribution < -0.4 is 5.32 Å². The monoisotopic (exact) mass is 303 g/mol. The van der Waals surface area contributed by atoms with Crippen LogP contribution in [0.4, 0.5) is 0 Å². The molecule has 1 N–H and O–H groups in total. The molecule has 0 radical (unpaired) electrons. The third-order valence-electron chi connectivity index (χ3n) is 4.43. The molecule has 0 bridgehead atoms. The summed E-state index contributed by atoms with van der Waals surface area (Å²) in [5.41, 5.74) is 4.08. The molecule has 1 aromatic carbocycles. The van der Waals surface area contributed by atoms with E-state index in [-0.39, 0.29) is 6.04 Å². The van der Waals surface area contributed by atoms with E-state index in [1.807, 2.05) is 7.05 Å². The molecule has 0 aliphatic heterocycles. The molecule has 1 atom stereocenters. The quantitative estimate of drug-likeness (QED) is 0.914. The molecule has 1 aliphatic carbocycles. The summed E-state index contributed by atoms with van der Waals surface area (Å²) in [4.78, 5) is 0. The SMILES string of the molecule is CCCn1ncc(Cl)c1C(NC)C1Cc2ccccc2C1. The van der Waals surface area contributed by atoms with Gasteiger partial charge in [0.25, 0.3) is 0 Å². The van der Waals surface area contributed by atoms with Crippen LogP contribution in [0.3, 0.4) is 0 Å². The van der Waals surface area contributed by atoms with E-state index in [0.717, 1.165) is 36.5 Å². The van der Waals surface area contributed by atoms with Crippen LogP contribution in [0.25, 0.3) is 0 Å². The van der Waals surface area contributed by atoms with Gasteiger partial charge in [0, 0.05) is 6.54 Å². The van der Waals surface area contributed by atoms with Crippen LogP contribution in [0.1, 0.15) is 36.2 Å². The highest BCUT2D eigenvalue weighted by molar-refractivity contribution is 6.31. The lowest BCUT2D eigenvalue weighted by Gasteiger charge is -2.24. The molecule has 0 spiro atoms.